The number of aliphatic hydroxyl groups is 1. The Morgan fingerprint density at radius 3 is 2.74 bits per heavy atom. The number of hydrogen-bond acceptors (Lipinski definition) is 4. The minimum atomic E-state index is -0.584. The molecule has 1 aromatic heterocycles. The van der Waals surface area contributed by atoms with Gasteiger partial charge in [0.1, 0.15) is 11.6 Å². The molecule has 1 saturated heterocycles. The summed E-state index contributed by atoms with van der Waals surface area (Å²) in [6, 6.07) is 3.49. The van der Waals surface area contributed by atoms with Gasteiger partial charge < -0.3 is 14.4 Å². The minimum absolute atomic E-state index is 0.102. The predicted molar refractivity (Wildman–Crippen MR) is 83.0 cm³/mol. The fourth-order valence-corrected chi connectivity index (χ4v) is 3.60. The molecule has 0 unspecified atom stereocenters. The number of ether oxygens (including phenoxy) is 1. The average Bonchev–Trinajstić information content (AvgIpc) is 3.14. The number of rotatable bonds is 6. The lowest BCUT2D eigenvalue weighted by molar-refractivity contribution is 0.0930. The molecule has 23 heavy (non-hydrogen) atoms. The van der Waals surface area contributed by atoms with Crippen LogP contribution in [0.2, 0.25) is 0 Å². The van der Waals surface area contributed by atoms with Crippen molar-refractivity contribution in [2.24, 2.45) is 0 Å². The van der Waals surface area contributed by atoms with Crippen LogP contribution in [0.1, 0.15) is 24.1 Å². The van der Waals surface area contributed by atoms with Gasteiger partial charge in [0.25, 0.3) is 0 Å². The van der Waals surface area contributed by atoms with Crippen molar-refractivity contribution in [1.82, 2.24) is 9.55 Å². The third-order valence-electron chi connectivity index (χ3n) is 3.76. The van der Waals surface area contributed by atoms with Crippen molar-refractivity contribution in [3.05, 3.63) is 47.3 Å². The van der Waals surface area contributed by atoms with E-state index in [1.807, 2.05) is 4.57 Å². The van der Waals surface area contributed by atoms with Gasteiger partial charge in [-0.1, -0.05) is 11.8 Å². The van der Waals surface area contributed by atoms with E-state index in [1.165, 1.54) is 23.9 Å². The third-order valence-corrected chi connectivity index (χ3v) is 4.83. The van der Waals surface area contributed by atoms with Crippen LogP contribution in [0, 0.1) is 11.6 Å². The highest BCUT2D eigenvalue weighted by Gasteiger charge is 2.20. The maximum atomic E-state index is 13.2. The highest BCUT2D eigenvalue weighted by molar-refractivity contribution is 7.98. The Balaban J connectivity index is 1.72. The zero-order valence-electron chi connectivity index (χ0n) is 12.5. The van der Waals surface area contributed by atoms with Gasteiger partial charge in [0.05, 0.1) is 31.1 Å². The number of benzene rings is 1. The van der Waals surface area contributed by atoms with Gasteiger partial charge in [-0.15, -0.1) is 0 Å². The van der Waals surface area contributed by atoms with E-state index in [1.54, 1.807) is 6.20 Å². The number of thioether (sulfide) groups is 1. The Hall–Kier alpha value is -1.44. The fraction of sp³-hybridized carbons (Fsp3) is 0.438. The lowest BCUT2D eigenvalue weighted by atomic mass is 10.2. The molecule has 0 aliphatic carbocycles. The Kier molecular flexibility index (Phi) is 5.30. The summed E-state index contributed by atoms with van der Waals surface area (Å²) in [5, 5.41) is 10.2. The summed E-state index contributed by atoms with van der Waals surface area (Å²) in [4.78, 5) is 4.31. The molecular formula is C16H18F2N2O2S. The zero-order chi connectivity index (χ0) is 16.2. The number of imidazole rings is 1. The Bertz CT molecular complexity index is 652. The van der Waals surface area contributed by atoms with E-state index in [0.29, 0.717) is 28.7 Å². The Morgan fingerprint density at radius 2 is 2.09 bits per heavy atom. The first-order valence-corrected chi connectivity index (χ1v) is 8.49. The molecule has 3 rings (SSSR count). The molecule has 7 heteroatoms. The van der Waals surface area contributed by atoms with Crippen molar-refractivity contribution >= 4 is 11.8 Å². The second-order valence-corrected chi connectivity index (χ2v) is 6.44. The number of aromatic nitrogens is 2. The summed E-state index contributed by atoms with van der Waals surface area (Å²) in [6.45, 7) is 1.30. The van der Waals surface area contributed by atoms with Crippen LogP contribution < -0.4 is 0 Å². The van der Waals surface area contributed by atoms with Gasteiger partial charge in [0.15, 0.2) is 5.16 Å². The van der Waals surface area contributed by atoms with Crippen LogP contribution >= 0.6 is 11.8 Å². The fourth-order valence-electron chi connectivity index (χ4n) is 2.66. The summed E-state index contributed by atoms with van der Waals surface area (Å²) < 4.78 is 34.0. The first kappa shape index (κ1) is 16.4. The third kappa shape index (κ3) is 4.10. The standard InChI is InChI=1S/C16H18F2N2O2S/c17-12-4-11(5-13(18)6-12)10-23-16-19-7-14(9-21)20(16)8-15-2-1-3-22-15/h4-7,15,21H,1-3,8-10H2/t15-/m0/s1. The van der Waals surface area contributed by atoms with Crippen molar-refractivity contribution in [1.29, 1.82) is 0 Å². The normalized spacial score (nSPS) is 17.8. The average molecular weight is 340 g/mol. The summed E-state index contributed by atoms with van der Waals surface area (Å²) in [5.41, 5.74) is 1.28. The largest absolute Gasteiger partial charge is 0.390 e. The topological polar surface area (TPSA) is 47.3 Å². The molecule has 2 aromatic rings. The van der Waals surface area contributed by atoms with Crippen LogP contribution in [0.5, 0.6) is 0 Å². The monoisotopic (exact) mass is 340 g/mol. The molecule has 0 bridgehead atoms. The van der Waals surface area contributed by atoms with Gasteiger partial charge >= 0.3 is 0 Å². The molecule has 124 valence electrons. The highest BCUT2D eigenvalue weighted by atomic mass is 32.2. The van der Waals surface area contributed by atoms with E-state index in [9.17, 15) is 13.9 Å². The molecule has 1 N–H and O–H groups in total. The smallest absolute Gasteiger partial charge is 0.168 e. The van der Waals surface area contributed by atoms with Crippen molar-refractivity contribution < 1.29 is 18.6 Å². The maximum Gasteiger partial charge on any atom is 0.168 e. The van der Waals surface area contributed by atoms with E-state index in [0.717, 1.165) is 25.5 Å². The van der Waals surface area contributed by atoms with Crippen LogP contribution in [0.25, 0.3) is 0 Å². The molecule has 0 saturated carbocycles. The van der Waals surface area contributed by atoms with E-state index in [2.05, 4.69) is 4.98 Å². The molecule has 2 heterocycles. The van der Waals surface area contributed by atoms with Crippen LogP contribution in [0.3, 0.4) is 0 Å². The van der Waals surface area contributed by atoms with E-state index < -0.39 is 11.6 Å². The lowest BCUT2D eigenvalue weighted by Crippen LogP contribution is -2.17. The van der Waals surface area contributed by atoms with Gasteiger partial charge in [-0.2, -0.15) is 0 Å². The molecular weight excluding hydrogens is 322 g/mol. The van der Waals surface area contributed by atoms with Crippen LogP contribution in [-0.4, -0.2) is 27.4 Å². The Morgan fingerprint density at radius 1 is 1.30 bits per heavy atom. The second-order valence-electron chi connectivity index (χ2n) is 5.50. The number of aliphatic hydroxyl groups excluding tert-OH is 1. The molecule has 1 aromatic carbocycles. The van der Waals surface area contributed by atoms with E-state index in [4.69, 9.17) is 4.74 Å². The van der Waals surface area contributed by atoms with Gasteiger partial charge in [-0.3, -0.25) is 0 Å². The highest BCUT2D eigenvalue weighted by Crippen LogP contribution is 2.26. The molecule has 0 amide bonds. The molecule has 0 radical (unpaired) electrons. The summed E-state index contributed by atoms with van der Waals surface area (Å²) in [7, 11) is 0. The van der Waals surface area contributed by atoms with Crippen LogP contribution in [0.4, 0.5) is 8.78 Å². The van der Waals surface area contributed by atoms with Gasteiger partial charge in [0, 0.05) is 18.4 Å². The van der Waals surface area contributed by atoms with Gasteiger partial charge in [-0.05, 0) is 30.5 Å². The molecule has 1 fully saturated rings. The molecule has 1 aliphatic heterocycles. The quantitative estimate of drug-likeness (QED) is 0.821. The number of hydrogen-bond donors (Lipinski definition) is 1. The summed E-state index contributed by atoms with van der Waals surface area (Å²) in [6.07, 6.45) is 3.78. The number of halogens is 2. The lowest BCUT2D eigenvalue weighted by Gasteiger charge is -2.15. The molecule has 4 nitrogen and oxygen atoms in total. The zero-order valence-corrected chi connectivity index (χ0v) is 13.4. The molecule has 0 spiro atoms. The first-order valence-electron chi connectivity index (χ1n) is 7.50. The maximum absolute atomic E-state index is 13.2. The summed E-state index contributed by atoms with van der Waals surface area (Å²) in [5.74, 6) is -0.763. The van der Waals surface area contributed by atoms with Crippen molar-refractivity contribution in [3.63, 3.8) is 0 Å². The van der Waals surface area contributed by atoms with Gasteiger partial charge in [0.2, 0.25) is 0 Å². The predicted octanol–water partition coefficient (Wildman–Crippen LogP) is 3.12. The molecule has 1 atom stereocenters. The Labute approximate surface area is 137 Å². The first-order chi connectivity index (χ1) is 11.2. The van der Waals surface area contributed by atoms with Crippen molar-refractivity contribution in [2.45, 2.75) is 43.0 Å². The van der Waals surface area contributed by atoms with Crippen LogP contribution in [0.15, 0.2) is 29.6 Å². The van der Waals surface area contributed by atoms with Crippen molar-refractivity contribution in [3.8, 4) is 0 Å². The van der Waals surface area contributed by atoms with Crippen molar-refractivity contribution in [2.75, 3.05) is 6.61 Å². The SMILES string of the molecule is OCc1cnc(SCc2cc(F)cc(F)c2)n1C[C@@H]1CCCO1. The molecule has 1 aliphatic rings. The second kappa shape index (κ2) is 7.42. The van der Waals surface area contributed by atoms with E-state index >= 15 is 0 Å². The minimum Gasteiger partial charge on any atom is -0.390 e. The van der Waals surface area contributed by atoms with E-state index in [-0.39, 0.29) is 12.7 Å². The van der Waals surface area contributed by atoms with Gasteiger partial charge in [-0.25, -0.2) is 13.8 Å². The summed E-state index contributed by atoms with van der Waals surface area (Å²) >= 11 is 1.39. The van der Waals surface area contributed by atoms with Crippen LogP contribution in [-0.2, 0) is 23.6 Å². The number of nitrogens with zero attached hydrogens (tertiary/aromatic N) is 2.